The van der Waals surface area contributed by atoms with Crippen LogP contribution in [0.4, 0.5) is 8.78 Å². The average molecular weight is 402 g/mol. The first-order valence-electron chi connectivity index (χ1n) is 10.1. The second kappa shape index (κ2) is 9.51. The summed E-state index contributed by atoms with van der Waals surface area (Å²) in [5.41, 5.74) is 3.87. The van der Waals surface area contributed by atoms with Crippen molar-refractivity contribution in [2.45, 2.75) is 26.2 Å². The first-order valence-corrected chi connectivity index (χ1v) is 10.1. The fraction of sp³-hybridized carbons (Fsp3) is 0.154. The van der Waals surface area contributed by atoms with Crippen LogP contribution in [0, 0.1) is 11.6 Å². The summed E-state index contributed by atoms with van der Waals surface area (Å²) < 4.78 is 29.9. The number of benzene rings is 3. The standard InChI is InChI=1S/C26H24F2N2/c27-24-12-6-10-22(16-24)18-29(17-21-8-2-1-3-9-21)20-25-13-7-15-30(25)19-23-11-4-5-14-26(23)28/h1-16H,17-20H2. The summed E-state index contributed by atoms with van der Waals surface area (Å²) in [6.45, 7) is 2.51. The molecule has 4 aromatic rings. The van der Waals surface area contributed by atoms with Gasteiger partial charge < -0.3 is 4.57 Å². The molecule has 1 heterocycles. The highest BCUT2D eigenvalue weighted by atomic mass is 19.1. The second-order valence-electron chi connectivity index (χ2n) is 7.48. The molecule has 4 rings (SSSR count). The molecule has 152 valence electrons. The summed E-state index contributed by atoms with van der Waals surface area (Å²) in [5, 5.41) is 0. The summed E-state index contributed by atoms with van der Waals surface area (Å²) >= 11 is 0. The molecule has 0 aliphatic heterocycles. The van der Waals surface area contributed by atoms with Gasteiger partial charge in [0.25, 0.3) is 0 Å². The van der Waals surface area contributed by atoms with Gasteiger partial charge in [-0.15, -0.1) is 0 Å². The lowest BCUT2D eigenvalue weighted by Gasteiger charge is -2.24. The van der Waals surface area contributed by atoms with Crippen LogP contribution in [-0.4, -0.2) is 9.47 Å². The Hall–Kier alpha value is -3.24. The molecule has 4 heteroatoms. The van der Waals surface area contributed by atoms with E-state index in [0.717, 1.165) is 17.8 Å². The lowest BCUT2D eigenvalue weighted by atomic mass is 10.1. The van der Waals surface area contributed by atoms with E-state index >= 15 is 0 Å². The molecule has 0 amide bonds. The van der Waals surface area contributed by atoms with Gasteiger partial charge in [-0.3, -0.25) is 4.90 Å². The Balaban J connectivity index is 1.56. The molecule has 0 N–H and O–H groups in total. The van der Waals surface area contributed by atoms with Gasteiger partial charge in [0.05, 0.1) is 6.54 Å². The molecule has 0 saturated carbocycles. The van der Waals surface area contributed by atoms with Gasteiger partial charge in [-0.2, -0.15) is 0 Å². The summed E-state index contributed by atoms with van der Waals surface area (Å²) in [7, 11) is 0. The summed E-state index contributed by atoms with van der Waals surface area (Å²) in [5.74, 6) is -0.423. The smallest absolute Gasteiger partial charge is 0.128 e. The van der Waals surface area contributed by atoms with Gasteiger partial charge >= 0.3 is 0 Å². The van der Waals surface area contributed by atoms with Crippen LogP contribution in [0.15, 0.2) is 97.2 Å². The van der Waals surface area contributed by atoms with Gasteiger partial charge in [0, 0.05) is 37.1 Å². The van der Waals surface area contributed by atoms with Gasteiger partial charge in [0.15, 0.2) is 0 Å². The van der Waals surface area contributed by atoms with Crippen molar-refractivity contribution in [1.82, 2.24) is 9.47 Å². The minimum absolute atomic E-state index is 0.196. The first-order chi connectivity index (χ1) is 14.7. The van der Waals surface area contributed by atoms with Crippen molar-refractivity contribution in [2.75, 3.05) is 0 Å². The summed E-state index contributed by atoms with van der Waals surface area (Å²) in [4.78, 5) is 2.28. The molecule has 0 bridgehead atoms. The van der Waals surface area contributed by atoms with Crippen LogP contribution in [-0.2, 0) is 26.2 Å². The molecular weight excluding hydrogens is 378 g/mol. The summed E-state index contributed by atoms with van der Waals surface area (Å²) in [6.07, 6.45) is 1.98. The maximum absolute atomic E-state index is 14.1. The van der Waals surface area contributed by atoms with E-state index in [0.29, 0.717) is 25.2 Å². The van der Waals surface area contributed by atoms with E-state index in [1.54, 1.807) is 18.2 Å². The van der Waals surface area contributed by atoms with E-state index in [1.807, 2.05) is 48.7 Å². The van der Waals surface area contributed by atoms with E-state index in [2.05, 4.69) is 27.7 Å². The lowest BCUT2D eigenvalue weighted by molar-refractivity contribution is 0.241. The van der Waals surface area contributed by atoms with Crippen LogP contribution in [0.2, 0.25) is 0 Å². The van der Waals surface area contributed by atoms with Gasteiger partial charge in [0.2, 0.25) is 0 Å². The average Bonchev–Trinajstić information content (AvgIpc) is 3.17. The number of aromatic nitrogens is 1. The molecular formula is C26H24F2N2. The third kappa shape index (κ3) is 5.22. The number of hydrogen-bond donors (Lipinski definition) is 0. The monoisotopic (exact) mass is 402 g/mol. The van der Waals surface area contributed by atoms with Crippen molar-refractivity contribution < 1.29 is 8.78 Å². The minimum Gasteiger partial charge on any atom is -0.346 e. The Morgan fingerprint density at radius 1 is 0.667 bits per heavy atom. The fourth-order valence-corrected chi connectivity index (χ4v) is 3.69. The molecule has 2 nitrogen and oxygen atoms in total. The van der Waals surface area contributed by atoms with Crippen LogP contribution in [0.3, 0.4) is 0 Å². The van der Waals surface area contributed by atoms with Crippen LogP contribution < -0.4 is 0 Å². The van der Waals surface area contributed by atoms with Crippen molar-refractivity contribution in [3.63, 3.8) is 0 Å². The zero-order valence-electron chi connectivity index (χ0n) is 16.7. The second-order valence-corrected chi connectivity index (χ2v) is 7.48. The van der Waals surface area contributed by atoms with Crippen LogP contribution in [0.1, 0.15) is 22.4 Å². The van der Waals surface area contributed by atoms with E-state index < -0.39 is 0 Å². The quantitative estimate of drug-likeness (QED) is 0.350. The Bertz CT molecular complexity index is 1090. The molecule has 30 heavy (non-hydrogen) atoms. The zero-order valence-corrected chi connectivity index (χ0v) is 16.7. The molecule has 0 fully saturated rings. The van der Waals surface area contributed by atoms with E-state index in [4.69, 9.17) is 0 Å². The highest BCUT2D eigenvalue weighted by Gasteiger charge is 2.12. The van der Waals surface area contributed by atoms with E-state index in [-0.39, 0.29) is 11.6 Å². The molecule has 0 radical (unpaired) electrons. The van der Waals surface area contributed by atoms with Crippen LogP contribution >= 0.6 is 0 Å². The van der Waals surface area contributed by atoms with Crippen molar-refractivity contribution >= 4 is 0 Å². The van der Waals surface area contributed by atoms with Gasteiger partial charge in [-0.05, 0) is 41.5 Å². The Morgan fingerprint density at radius 3 is 2.20 bits per heavy atom. The minimum atomic E-state index is -0.227. The number of hydrogen-bond acceptors (Lipinski definition) is 1. The molecule has 3 aromatic carbocycles. The fourth-order valence-electron chi connectivity index (χ4n) is 3.69. The lowest BCUT2D eigenvalue weighted by Crippen LogP contribution is -2.24. The van der Waals surface area contributed by atoms with Crippen molar-refractivity contribution in [2.24, 2.45) is 0 Å². The molecule has 0 saturated heterocycles. The molecule has 0 unspecified atom stereocenters. The first kappa shape index (κ1) is 20.0. The number of rotatable bonds is 8. The number of halogens is 2. The van der Waals surface area contributed by atoms with Crippen molar-refractivity contribution in [3.05, 3.63) is 131 Å². The van der Waals surface area contributed by atoms with E-state index in [9.17, 15) is 8.78 Å². The predicted octanol–water partition coefficient (Wildman–Crippen LogP) is 6.02. The summed E-state index contributed by atoms with van der Waals surface area (Å²) in [6, 6.07) is 27.9. The topological polar surface area (TPSA) is 8.17 Å². The highest BCUT2D eigenvalue weighted by molar-refractivity contribution is 5.21. The largest absolute Gasteiger partial charge is 0.346 e. The predicted molar refractivity (Wildman–Crippen MR) is 116 cm³/mol. The number of nitrogens with zero attached hydrogens (tertiary/aromatic N) is 2. The van der Waals surface area contributed by atoms with Crippen LogP contribution in [0.5, 0.6) is 0 Å². The van der Waals surface area contributed by atoms with Gasteiger partial charge in [-0.1, -0.05) is 60.7 Å². The van der Waals surface area contributed by atoms with Gasteiger partial charge in [-0.25, -0.2) is 8.78 Å². The van der Waals surface area contributed by atoms with E-state index in [1.165, 1.54) is 17.7 Å². The third-order valence-corrected chi connectivity index (χ3v) is 5.15. The van der Waals surface area contributed by atoms with Crippen LogP contribution in [0.25, 0.3) is 0 Å². The molecule has 1 aromatic heterocycles. The molecule has 0 aliphatic carbocycles. The Labute approximate surface area is 176 Å². The maximum Gasteiger partial charge on any atom is 0.128 e. The SMILES string of the molecule is Fc1cccc(CN(Cc2ccccc2)Cc2cccn2Cc2ccccc2F)c1. The van der Waals surface area contributed by atoms with Gasteiger partial charge in [0.1, 0.15) is 11.6 Å². The molecule has 0 spiro atoms. The maximum atomic E-state index is 14.1. The molecule has 0 atom stereocenters. The molecule has 0 aliphatic rings. The Morgan fingerprint density at radius 2 is 1.40 bits per heavy atom. The highest BCUT2D eigenvalue weighted by Crippen LogP contribution is 2.17. The third-order valence-electron chi connectivity index (χ3n) is 5.15. The zero-order chi connectivity index (χ0) is 20.8. The van der Waals surface area contributed by atoms with Crippen molar-refractivity contribution in [1.29, 1.82) is 0 Å². The Kier molecular flexibility index (Phi) is 6.35. The van der Waals surface area contributed by atoms with Crippen molar-refractivity contribution in [3.8, 4) is 0 Å². The normalized spacial score (nSPS) is 11.2.